The number of amides is 1. The standard InChI is InChI=1S/C15H27N3O/c1-4-5-17-6-8-18(9-7-17)15(19)11-14(12-16)10-13(2)3/h1,13-14H,5-12,16H2,2-3H3/t14-/m0/s1. The molecule has 0 unspecified atom stereocenters. The number of carbonyl (C=O) groups is 1. The first-order valence-corrected chi connectivity index (χ1v) is 7.20. The average molecular weight is 265 g/mol. The number of piperazine rings is 1. The number of rotatable bonds is 6. The minimum atomic E-state index is 0.247. The van der Waals surface area contributed by atoms with Crippen LogP contribution in [0.1, 0.15) is 26.7 Å². The zero-order valence-corrected chi connectivity index (χ0v) is 12.3. The lowest BCUT2D eigenvalue weighted by Gasteiger charge is -2.34. The maximum atomic E-state index is 12.2. The van der Waals surface area contributed by atoms with Gasteiger partial charge in [0, 0.05) is 32.6 Å². The molecule has 0 aliphatic carbocycles. The van der Waals surface area contributed by atoms with E-state index in [4.69, 9.17) is 12.2 Å². The van der Waals surface area contributed by atoms with Crippen molar-refractivity contribution < 1.29 is 4.79 Å². The molecule has 0 aromatic rings. The lowest BCUT2D eigenvalue weighted by molar-refractivity contribution is -0.133. The summed E-state index contributed by atoms with van der Waals surface area (Å²) in [6, 6.07) is 0. The van der Waals surface area contributed by atoms with Crippen LogP contribution in [-0.2, 0) is 4.79 Å². The highest BCUT2D eigenvalue weighted by Gasteiger charge is 2.23. The molecule has 0 aromatic heterocycles. The number of hydrogen-bond acceptors (Lipinski definition) is 3. The van der Waals surface area contributed by atoms with E-state index in [1.54, 1.807) is 0 Å². The van der Waals surface area contributed by atoms with Gasteiger partial charge in [-0.15, -0.1) is 6.42 Å². The van der Waals surface area contributed by atoms with E-state index in [1.807, 2.05) is 4.90 Å². The molecular formula is C15H27N3O. The SMILES string of the molecule is C#CCN1CCN(C(=O)C[C@@H](CN)CC(C)C)CC1. The summed E-state index contributed by atoms with van der Waals surface area (Å²) in [7, 11) is 0. The van der Waals surface area contributed by atoms with Crippen LogP contribution in [0.15, 0.2) is 0 Å². The van der Waals surface area contributed by atoms with E-state index in [0.29, 0.717) is 31.3 Å². The van der Waals surface area contributed by atoms with Crippen molar-refractivity contribution in [1.29, 1.82) is 0 Å². The van der Waals surface area contributed by atoms with Crippen molar-refractivity contribution in [3.63, 3.8) is 0 Å². The molecule has 1 aliphatic rings. The van der Waals surface area contributed by atoms with E-state index in [2.05, 4.69) is 24.7 Å². The van der Waals surface area contributed by atoms with Gasteiger partial charge in [-0.25, -0.2) is 0 Å². The Morgan fingerprint density at radius 3 is 2.42 bits per heavy atom. The van der Waals surface area contributed by atoms with Crippen LogP contribution in [0.2, 0.25) is 0 Å². The van der Waals surface area contributed by atoms with Gasteiger partial charge in [0.15, 0.2) is 0 Å². The first-order chi connectivity index (χ1) is 9.06. The topological polar surface area (TPSA) is 49.6 Å². The predicted molar refractivity (Wildman–Crippen MR) is 78.5 cm³/mol. The number of nitrogens with zero attached hydrogens (tertiary/aromatic N) is 2. The fraction of sp³-hybridized carbons (Fsp3) is 0.800. The van der Waals surface area contributed by atoms with Gasteiger partial charge >= 0.3 is 0 Å². The molecule has 1 aliphatic heterocycles. The molecule has 108 valence electrons. The van der Waals surface area contributed by atoms with Crippen LogP contribution in [0.5, 0.6) is 0 Å². The van der Waals surface area contributed by atoms with Gasteiger partial charge < -0.3 is 10.6 Å². The molecule has 0 bridgehead atoms. The van der Waals surface area contributed by atoms with Crippen molar-refractivity contribution in [2.45, 2.75) is 26.7 Å². The van der Waals surface area contributed by atoms with E-state index in [0.717, 1.165) is 32.6 Å². The highest BCUT2D eigenvalue weighted by Crippen LogP contribution is 2.16. The molecule has 4 nitrogen and oxygen atoms in total. The zero-order valence-electron chi connectivity index (χ0n) is 12.3. The molecule has 4 heteroatoms. The van der Waals surface area contributed by atoms with Gasteiger partial charge in [-0.3, -0.25) is 9.69 Å². The Bertz CT molecular complexity index is 314. The van der Waals surface area contributed by atoms with Crippen LogP contribution < -0.4 is 5.73 Å². The van der Waals surface area contributed by atoms with Gasteiger partial charge in [-0.05, 0) is 24.8 Å². The first kappa shape index (κ1) is 16.0. The number of terminal acetylenes is 1. The second-order valence-electron chi connectivity index (χ2n) is 5.80. The molecule has 0 radical (unpaired) electrons. The number of carbonyl (C=O) groups excluding carboxylic acids is 1. The number of nitrogens with two attached hydrogens (primary N) is 1. The normalized spacial score (nSPS) is 18.4. The Morgan fingerprint density at radius 1 is 1.32 bits per heavy atom. The second-order valence-corrected chi connectivity index (χ2v) is 5.80. The smallest absolute Gasteiger partial charge is 0.222 e. The Kier molecular flexibility index (Phi) is 6.90. The minimum Gasteiger partial charge on any atom is -0.340 e. The highest BCUT2D eigenvalue weighted by atomic mass is 16.2. The summed E-state index contributed by atoms with van der Waals surface area (Å²) in [5, 5.41) is 0. The van der Waals surface area contributed by atoms with Crippen molar-refractivity contribution in [3.05, 3.63) is 0 Å². The first-order valence-electron chi connectivity index (χ1n) is 7.20. The van der Waals surface area contributed by atoms with Crippen LogP contribution in [-0.4, -0.2) is 55.0 Å². The van der Waals surface area contributed by atoms with Crippen molar-refractivity contribution in [2.75, 3.05) is 39.3 Å². The van der Waals surface area contributed by atoms with E-state index in [-0.39, 0.29) is 5.91 Å². The number of hydrogen-bond donors (Lipinski definition) is 1. The Balaban J connectivity index is 2.36. The fourth-order valence-corrected chi connectivity index (χ4v) is 2.59. The molecular weight excluding hydrogens is 238 g/mol. The molecule has 1 fully saturated rings. The largest absolute Gasteiger partial charge is 0.340 e. The summed E-state index contributed by atoms with van der Waals surface area (Å²) in [6.07, 6.45) is 6.91. The van der Waals surface area contributed by atoms with E-state index in [1.165, 1.54) is 0 Å². The summed E-state index contributed by atoms with van der Waals surface area (Å²) < 4.78 is 0. The monoisotopic (exact) mass is 265 g/mol. The summed E-state index contributed by atoms with van der Waals surface area (Å²) in [6.45, 7) is 8.97. The molecule has 19 heavy (non-hydrogen) atoms. The maximum absolute atomic E-state index is 12.2. The van der Waals surface area contributed by atoms with E-state index in [9.17, 15) is 4.79 Å². The Morgan fingerprint density at radius 2 is 1.95 bits per heavy atom. The lowest BCUT2D eigenvalue weighted by Crippen LogP contribution is -2.49. The van der Waals surface area contributed by atoms with Crippen LogP contribution in [0.3, 0.4) is 0 Å². The molecule has 1 heterocycles. The Labute approximate surface area is 117 Å². The summed E-state index contributed by atoms with van der Waals surface area (Å²) in [4.78, 5) is 16.4. The molecule has 1 rings (SSSR count). The average Bonchev–Trinajstić information content (AvgIpc) is 2.38. The maximum Gasteiger partial charge on any atom is 0.222 e. The van der Waals surface area contributed by atoms with Crippen molar-refractivity contribution in [1.82, 2.24) is 9.80 Å². The Hall–Kier alpha value is -1.05. The van der Waals surface area contributed by atoms with Crippen molar-refractivity contribution in [2.24, 2.45) is 17.6 Å². The van der Waals surface area contributed by atoms with Gasteiger partial charge in [-0.1, -0.05) is 19.8 Å². The predicted octanol–water partition coefficient (Wildman–Crippen LogP) is 0.775. The molecule has 1 saturated heterocycles. The lowest BCUT2D eigenvalue weighted by atomic mass is 9.93. The van der Waals surface area contributed by atoms with Gasteiger partial charge in [0.25, 0.3) is 0 Å². The molecule has 0 aromatic carbocycles. The quantitative estimate of drug-likeness (QED) is 0.722. The van der Waals surface area contributed by atoms with Crippen molar-refractivity contribution >= 4 is 5.91 Å². The van der Waals surface area contributed by atoms with Crippen LogP contribution in [0, 0.1) is 24.2 Å². The molecule has 0 saturated carbocycles. The zero-order chi connectivity index (χ0) is 14.3. The van der Waals surface area contributed by atoms with Gasteiger partial charge in [0.05, 0.1) is 6.54 Å². The van der Waals surface area contributed by atoms with E-state index >= 15 is 0 Å². The second kappa shape index (κ2) is 8.19. The van der Waals surface area contributed by atoms with Crippen LogP contribution in [0.4, 0.5) is 0 Å². The molecule has 2 N–H and O–H groups in total. The van der Waals surface area contributed by atoms with Gasteiger partial charge in [-0.2, -0.15) is 0 Å². The summed E-state index contributed by atoms with van der Waals surface area (Å²) in [5.74, 6) is 3.80. The van der Waals surface area contributed by atoms with Crippen molar-refractivity contribution in [3.8, 4) is 12.3 Å². The van der Waals surface area contributed by atoms with Gasteiger partial charge in [0.2, 0.25) is 5.91 Å². The highest BCUT2D eigenvalue weighted by molar-refractivity contribution is 5.76. The van der Waals surface area contributed by atoms with E-state index < -0.39 is 0 Å². The molecule has 1 atom stereocenters. The third-order valence-electron chi connectivity index (χ3n) is 3.64. The van der Waals surface area contributed by atoms with Crippen LogP contribution >= 0.6 is 0 Å². The fourth-order valence-electron chi connectivity index (χ4n) is 2.59. The molecule has 0 spiro atoms. The third kappa shape index (κ3) is 5.63. The summed E-state index contributed by atoms with van der Waals surface area (Å²) in [5.41, 5.74) is 5.76. The van der Waals surface area contributed by atoms with Gasteiger partial charge in [0.1, 0.15) is 0 Å². The van der Waals surface area contributed by atoms with Crippen LogP contribution in [0.25, 0.3) is 0 Å². The third-order valence-corrected chi connectivity index (χ3v) is 3.64. The summed E-state index contributed by atoms with van der Waals surface area (Å²) >= 11 is 0. The minimum absolute atomic E-state index is 0.247. The molecule has 1 amide bonds.